The molecule has 0 amide bonds. The van der Waals surface area contributed by atoms with Crippen molar-refractivity contribution in [2.75, 3.05) is 14.2 Å². The van der Waals surface area contributed by atoms with E-state index < -0.39 is 17.7 Å². The van der Waals surface area contributed by atoms with E-state index in [-0.39, 0.29) is 16.8 Å². The number of esters is 2. The Balaban J connectivity index is 2.21. The molecule has 0 aromatic carbocycles. The summed E-state index contributed by atoms with van der Waals surface area (Å²) in [6.07, 6.45) is 3.98. The summed E-state index contributed by atoms with van der Waals surface area (Å²) >= 11 is 0. The number of ether oxygens (including phenoxy) is 3. The SMILES string of the molecule is COC(=O)[C@@H]1C2=CC(=O)O[C@]2(OC)C[C@@]2(C)[C@H](C)CC[C@@]12C. The molecule has 3 aliphatic rings. The summed E-state index contributed by atoms with van der Waals surface area (Å²) < 4.78 is 16.3. The van der Waals surface area contributed by atoms with E-state index in [1.54, 1.807) is 0 Å². The predicted molar refractivity (Wildman–Crippen MR) is 78.7 cm³/mol. The van der Waals surface area contributed by atoms with Crippen LogP contribution in [0.4, 0.5) is 0 Å². The van der Waals surface area contributed by atoms with Crippen LogP contribution in [0.2, 0.25) is 0 Å². The maximum atomic E-state index is 12.6. The first-order valence-electron chi connectivity index (χ1n) is 7.82. The van der Waals surface area contributed by atoms with Gasteiger partial charge in [0.25, 0.3) is 0 Å². The molecule has 0 aromatic rings. The van der Waals surface area contributed by atoms with Gasteiger partial charge in [0.05, 0.1) is 13.0 Å². The summed E-state index contributed by atoms with van der Waals surface area (Å²) in [4.78, 5) is 24.5. The van der Waals surface area contributed by atoms with Gasteiger partial charge >= 0.3 is 11.9 Å². The van der Waals surface area contributed by atoms with Gasteiger partial charge in [-0.15, -0.1) is 0 Å². The first kappa shape index (κ1) is 15.5. The Labute approximate surface area is 131 Å². The highest BCUT2D eigenvalue weighted by atomic mass is 16.7. The monoisotopic (exact) mass is 308 g/mol. The van der Waals surface area contributed by atoms with Gasteiger partial charge in [-0.2, -0.15) is 0 Å². The zero-order valence-electron chi connectivity index (χ0n) is 13.9. The van der Waals surface area contributed by atoms with Crippen molar-refractivity contribution in [1.82, 2.24) is 0 Å². The van der Waals surface area contributed by atoms with Crippen molar-refractivity contribution in [3.05, 3.63) is 11.6 Å². The van der Waals surface area contributed by atoms with Crippen molar-refractivity contribution in [2.24, 2.45) is 22.7 Å². The molecule has 1 aliphatic heterocycles. The lowest BCUT2D eigenvalue weighted by atomic mass is 9.50. The third-order valence-electron chi connectivity index (χ3n) is 6.78. The highest BCUT2D eigenvalue weighted by molar-refractivity contribution is 5.90. The van der Waals surface area contributed by atoms with Crippen LogP contribution in [0.25, 0.3) is 0 Å². The van der Waals surface area contributed by atoms with E-state index in [0.29, 0.717) is 17.9 Å². The molecule has 22 heavy (non-hydrogen) atoms. The molecule has 0 aromatic heterocycles. The van der Waals surface area contributed by atoms with Gasteiger partial charge in [0.15, 0.2) is 0 Å². The number of carbonyl (C=O) groups is 2. The van der Waals surface area contributed by atoms with Crippen LogP contribution in [0, 0.1) is 22.7 Å². The highest BCUT2D eigenvalue weighted by Gasteiger charge is 2.70. The smallest absolute Gasteiger partial charge is 0.333 e. The number of hydrogen-bond acceptors (Lipinski definition) is 5. The first-order chi connectivity index (χ1) is 10.2. The van der Waals surface area contributed by atoms with Gasteiger partial charge in [-0.3, -0.25) is 4.79 Å². The molecule has 2 saturated carbocycles. The van der Waals surface area contributed by atoms with Crippen molar-refractivity contribution in [2.45, 2.75) is 45.8 Å². The Morgan fingerprint density at radius 2 is 2.00 bits per heavy atom. The van der Waals surface area contributed by atoms with Gasteiger partial charge in [0.1, 0.15) is 0 Å². The van der Waals surface area contributed by atoms with Gasteiger partial charge < -0.3 is 14.2 Å². The summed E-state index contributed by atoms with van der Waals surface area (Å²) in [5.41, 5.74) is 0.200. The standard InChI is InChI=1S/C17H24O5/c1-10-6-7-15(2)13(14(19)20-4)11-8-12(18)22-17(11,21-5)9-16(10,15)3/h8,10,13H,6-7,9H2,1-5H3/t10-,13+,15+,16+,17-/m1/s1. The third-order valence-corrected chi connectivity index (χ3v) is 6.78. The molecular formula is C17H24O5. The Hall–Kier alpha value is -1.36. The Bertz CT molecular complexity index is 567. The molecule has 2 fully saturated rings. The van der Waals surface area contributed by atoms with E-state index in [9.17, 15) is 9.59 Å². The van der Waals surface area contributed by atoms with E-state index in [1.165, 1.54) is 20.3 Å². The lowest BCUT2D eigenvalue weighted by Crippen LogP contribution is -2.58. The molecular weight excluding hydrogens is 284 g/mol. The summed E-state index contributed by atoms with van der Waals surface area (Å²) in [6, 6.07) is 0. The minimum absolute atomic E-state index is 0.163. The van der Waals surface area contributed by atoms with Crippen LogP contribution >= 0.6 is 0 Å². The van der Waals surface area contributed by atoms with Gasteiger partial charge in [-0.05, 0) is 29.6 Å². The molecule has 2 aliphatic carbocycles. The third kappa shape index (κ3) is 1.63. The number of hydrogen-bond donors (Lipinski definition) is 0. The Morgan fingerprint density at radius 3 is 2.59 bits per heavy atom. The molecule has 3 rings (SSSR count). The predicted octanol–water partition coefficient (Wildman–Crippen LogP) is 2.45. The summed E-state index contributed by atoms with van der Waals surface area (Å²) in [7, 11) is 2.93. The molecule has 0 N–H and O–H groups in total. The van der Waals surface area contributed by atoms with E-state index >= 15 is 0 Å². The van der Waals surface area contributed by atoms with E-state index in [0.717, 1.165) is 12.8 Å². The summed E-state index contributed by atoms with van der Waals surface area (Å²) in [5.74, 6) is -1.97. The highest BCUT2D eigenvalue weighted by Crippen LogP contribution is 2.69. The van der Waals surface area contributed by atoms with E-state index in [1.807, 2.05) is 0 Å². The second-order valence-electron chi connectivity index (χ2n) is 7.39. The molecule has 0 radical (unpaired) electrons. The molecule has 5 heteroatoms. The van der Waals surface area contributed by atoms with Crippen molar-refractivity contribution in [1.29, 1.82) is 0 Å². The van der Waals surface area contributed by atoms with Crippen molar-refractivity contribution < 1.29 is 23.8 Å². The minimum Gasteiger partial charge on any atom is -0.469 e. The Morgan fingerprint density at radius 1 is 1.32 bits per heavy atom. The summed E-state index contributed by atoms with van der Waals surface area (Å²) in [5, 5.41) is 0. The van der Waals surface area contributed by atoms with Crippen LogP contribution in [0.5, 0.6) is 0 Å². The normalized spacial score (nSPS) is 46.6. The fraction of sp³-hybridized carbons (Fsp3) is 0.765. The molecule has 0 spiro atoms. The molecule has 0 bridgehead atoms. The van der Waals surface area contributed by atoms with Gasteiger partial charge in [-0.25, -0.2) is 4.79 Å². The van der Waals surface area contributed by atoms with Gasteiger partial charge in [0, 0.05) is 25.2 Å². The minimum atomic E-state index is -1.12. The maximum absolute atomic E-state index is 12.6. The molecule has 0 saturated heterocycles. The zero-order chi connectivity index (χ0) is 16.3. The molecule has 5 nitrogen and oxygen atoms in total. The lowest BCUT2D eigenvalue weighted by Gasteiger charge is -2.56. The number of fused-ring (bicyclic) bond motifs is 2. The summed E-state index contributed by atoms with van der Waals surface area (Å²) in [6.45, 7) is 6.53. The first-order valence-corrected chi connectivity index (χ1v) is 7.82. The number of rotatable bonds is 2. The largest absolute Gasteiger partial charge is 0.469 e. The number of methoxy groups -OCH3 is 2. The molecule has 0 unspecified atom stereocenters. The van der Waals surface area contributed by atoms with Crippen LogP contribution in [0.15, 0.2) is 11.6 Å². The van der Waals surface area contributed by atoms with Crippen molar-refractivity contribution >= 4 is 11.9 Å². The molecule has 1 heterocycles. The fourth-order valence-electron chi connectivity index (χ4n) is 5.03. The van der Waals surface area contributed by atoms with Crippen LogP contribution in [0.1, 0.15) is 40.0 Å². The lowest BCUT2D eigenvalue weighted by molar-refractivity contribution is -0.235. The van der Waals surface area contributed by atoms with Crippen molar-refractivity contribution in [3.8, 4) is 0 Å². The second kappa shape index (κ2) is 4.57. The molecule has 5 atom stereocenters. The van der Waals surface area contributed by atoms with Crippen molar-refractivity contribution in [3.63, 3.8) is 0 Å². The molecule has 122 valence electrons. The maximum Gasteiger partial charge on any atom is 0.333 e. The van der Waals surface area contributed by atoms with E-state index in [4.69, 9.17) is 14.2 Å². The average Bonchev–Trinajstić information content (AvgIpc) is 2.91. The van der Waals surface area contributed by atoms with Crippen LogP contribution < -0.4 is 0 Å². The second-order valence-corrected chi connectivity index (χ2v) is 7.39. The zero-order valence-corrected chi connectivity index (χ0v) is 13.9. The van der Waals surface area contributed by atoms with E-state index in [2.05, 4.69) is 20.8 Å². The van der Waals surface area contributed by atoms with Gasteiger partial charge in [0.2, 0.25) is 5.79 Å². The van der Waals surface area contributed by atoms with Crippen LogP contribution in [0.3, 0.4) is 0 Å². The average molecular weight is 308 g/mol. The van der Waals surface area contributed by atoms with Crippen LogP contribution in [-0.2, 0) is 23.8 Å². The topological polar surface area (TPSA) is 61.8 Å². The van der Waals surface area contributed by atoms with Crippen LogP contribution in [-0.4, -0.2) is 31.9 Å². The Kier molecular flexibility index (Phi) is 3.23. The number of carbonyl (C=O) groups excluding carboxylic acids is 2. The fourth-order valence-corrected chi connectivity index (χ4v) is 5.03. The van der Waals surface area contributed by atoms with Gasteiger partial charge in [-0.1, -0.05) is 20.8 Å². The quantitative estimate of drug-likeness (QED) is 0.733.